The van der Waals surface area contributed by atoms with Crippen molar-refractivity contribution in [1.82, 2.24) is 9.55 Å². The monoisotopic (exact) mass is 525 g/mol. The Kier molecular flexibility index (Phi) is 7.00. The Morgan fingerprint density at radius 3 is 2.66 bits per heavy atom. The highest BCUT2D eigenvalue weighted by Crippen LogP contribution is 2.43. The van der Waals surface area contributed by atoms with Crippen molar-refractivity contribution in [3.05, 3.63) is 53.1 Å². The average Bonchev–Trinajstić information content (AvgIpc) is 3.32. The molecule has 0 saturated heterocycles. The van der Waals surface area contributed by atoms with Gasteiger partial charge in [-0.3, -0.25) is 9.69 Å². The number of hydrogen-bond donors (Lipinski definition) is 2. The quantitative estimate of drug-likeness (QED) is 0.482. The number of aromatic nitrogens is 2. The van der Waals surface area contributed by atoms with Crippen LogP contribution in [0.1, 0.15) is 68.1 Å². The first-order chi connectivity index (χ1) is 18.2. The highest BCUT2D eigenvalue weighted by Gasteiger charge is 2.36. The number of carboxylic acids is 1. The van der Waals surface area contributed by atoms with E-state index in [4.69, 9.17) is 14.5 Å². The van der Waals surface area contributed by atoms with E-state index in [1.165, 1.54) is 32.4 Å². The Hall–Kier alpha value is -3.66. The van der Waals surface area contributed by atoms with Crippen LogP contribution in [0, 0.1) is 11.7 Å². The van der Waals surface area contributed by atoms with Crippen molar-refractivity contribution in [1.29, 1.82) is 0 Å². The van der Waals surface area contributed by atoms with Crippen molar-refractivity contribution in [3.8, 4) is 5.75 Å². The molecule has 3 aromatic rings. The third-order valence-electron chi connectivity index (χ3n) is 7.94. The lowest BCUT2D eigenvalue weighted by Gasteiger charge is -2.34. The fourth-order valence-corrected chi connectivity index (χ4v) is 6.05. The van der Waals surface area contributed by atoms with E-state index in [0.717, 1.165) is 23.9 Å². The van der Waals surface area contributed by atoms with Gasteiger partial charge in [0.2, 0.25) is 0 Å². The summed E-state index contributed by atoms with van der Waals surface area (Å²) in [4.78, 5) is 31.0. The maximum Gasteiger partial charge on any atom is 0.414 e. The third-order valence-corrected chi connectivity index (χ3v) is 7.94. The topological polar surface area (TPSA) is 114 Å². The fraction of sp³-hybridized carbons (Fsp3) is 0.464. The van der Waals surface area contributed by atoms with Gasteiger partial charge >= 0.3 is 12.1 Å². The van der Waals surface area contributed by atoms with Gasteiger partial charge in [-0.2, -0.15) is 0 Å². The number of nitrogens with zero attached hydrogens (tertiary/aromatic N) is 3. The van der Waals surface area contributed by atoms with Crippen LogP contribution in [0.2, 0.25) is 0 Å². The van der Waals surface area contributed by atoms with Gasteiger partial charge in [-0.05, 0) is 69.4 Å². The van der Waals surface area contributed by atoms with Crippen LogP contribution in [0.3, 0.4) is 0 Å². The molecule has 10 heteroatoms. The molecule has 0 spiro atoms. The summed E-state index contributed by atoms with van der Waals surface area (Å²) in [5.74, 6) is -1.26. The number of hydrogen-bond acceptors (Lipinski definition) is 6. The number of aryl methyl sites for hydroxylation is 1. The second kappa shape index (κ2) is 10.2. The predicted octanol–water partition coefficient (Wildman–Crippen LogP) is 4.99. The molecule has 1 saturated carbocycles. The Bertz CT molecular complexity index is 1390. The van der Waals surface area contributed by atoms with Crippen LogP contribution in [0.4, 0.5) is 14.9 Å². The standard InChI is InChI=1S/C28H32FN3O6/c1-15-7-9-19-21(31(15)28(36)38-3)10-11-22-24(19)30-26(25(33)20-14-17(29)8-12-23(20)37-2)32(22)18-6-4-5-16(13-18)27(34)35/h8,10-12,14-16,18,25,33H,4-7,9,13H2,1-3H3,(H,34,35)/t15-,16+,18?,25-/m1/s1. The van der Waals surface area contributed by atoms with Crippen LogP contribution < -0.4 is 9.64 Å². The molecule has 5 rings (SSSR count). The maximum atomic E-state index is 14.3. The molecular formula is C28H32FN3O6. The summed E-state index contributed by atoms with van der Waals surface area (Å²) in [5.41, 5.74) is 3.15. The Labute approximate surface area is 219 Å². The SMILES string of the molecule is COC(=O)N1c2ccc3c(nc([C@H](O)c4cc(F)ccc4OC)n3C3CCC[C@H](C(=O)O)C3)c2CC[C@H]1C. The minimum atomic E-state index is -1.33. The molecule has 0 radical (unpaired) electrons. The number of halogens is 1. The molecule has 2 heterocycles. The number of amides is 1. The smallest absolute Gasteiger partial charge is 0.414 e. The summed E-state index contributed by atoms with van der Waals surface area (Å²) in [6.45, 7) is 1.96. The number of imidazole rings is 1. The van der Waals surface area contributed by atoms with Gasteiger partial charge in [0.25, 0.3) is 0 Å². The van der Waals surface area contributed by atoms with Gasteiger partial charge in [0.05, 0.1) is 36.9 Å². The van der Waals surface area contributed by atoms with Gasteiger partial charge in [0.15, 0.2) is 0 Å². The number of rotatable bonds is 5. The van der Waals surface area contributed by atoms with Crippen LogP contribution in [-0.4, -0.2) is 52.1 Å². The Morgan fingerprint density at radius 1 is 1.16 bits per heavy atom. The zero-order chi connectivity index (χ0) is 27.1. The number of anilines is 1. The highest BCUT2D eigenvalue weighted by atomic mass is 19.1. The van der Waals surface area contributed by atoms with Crippen LogP contribution in [0.25, 0.3) is 11.0 Å². The molecular weight excluding hydrogens is 493 g/mol. The van der Waals surface area contributed by atoms with E-state index >= 15 is 0 Å². The van der Waals surface area contributed by atoms with Crippen molar-refractivity contribution < 1.29 is 33.7 Å². The largest absolute Gasteiger partial charge is 0.496 e. The molecule has 1 unspecified atom stereocenters. The van der Waals surface area contributed by atoms with E-state index in [2.05, 4.69) is 0 Å². The lowest BCUT2D eigenvalue weighted by atomic mass is 9.85. The molecule has 9 nitrogen and oxygen atoms in total. The fourth-order valence-electron chi connectivity index (χ4n) is 6.05. The summed E-state index contributed by atoms with van der Waals surface area (Å²) in [7, 11) is 2.79. The van der Waals surface area contributed by atoms with Gasteiger partial charge < -0.3 is 24.3 Å². The molecule has 202 valence electrons. The lowest BCUT2D eigenvalue weighted by molar-refractivity contribution is -0.143. The van der Waals surface area contributed by atoms with E-state index in [1.54, 1.807) is 4.90 Å². The molecule has 1 aromatic heterocycles. The molecule has 1 aliphatic carbocycles. The number of aliphatic hydroxyl groups excluding tert-OH is 1. The number of carboxylic acid groups (broad SMARTS) is 1. The zero-order valence-electron chi connectivity index (χ0n) is 21.7. The van der Waals surface area contributed by atoms with E-state index in [9.17, 15) is 24.2 Å². The summed E-state index contributed by atoms with van der Waals surface area (Å²) < 4.78 is 26.6. The number of methoxy groups -OCH3 is 2. The van der Waals surface area contributed by atoms with Crippen LogP contribution in [0.5, 0.6) is 5.75 Å². The number of benzene rings is 2. The maximum absolute atomic E-state index is 14.3. The number of aliphatic hydroxyl groups is 1. The number of aliphatic carboxylic acids is 1. The second-order valence-corrected chi connectivity index (χ2v) is 10.1. The summed E-state index contributed by atoms with van der Waals surface area (Å²) >= 11 is 0. The Morgan fingerprint density at radius 2 is 1.95 bits per heavy atom. The van der Waals surface area contributed by atoms with Crippen molar-refractivity contribution in [2.24, 2.45) is 5.92 Å². The van der Waals surface area contributed by atoms with E-state index in [-0.39, 0.29) is 23.5 Å². The molecule has 0 bridgehead atoms. The molecule has 1 fully saturated rings. The van der Waals surface area contributed by atoms with E-state index < -0.39 is 29.9 Å². The summed E-state index contributed by atoms with van der Waals surface area (Å²) in [6.07, 6.45) is 2.01. The third kappa shape index (κ3) is 4.36. The van der Waals surface area contributed by atoms with Gasteiger partial charge in [-0.25, -0.2) is 14.2 Å². The summed E-state index contributed by atoms with van der Waals surface area (Å²) in [5, 5.41) is 21.3. The van der Waals surface area contributed by atoms with Crippen LogP contribution >= 0.6 is 0 Å². The first-order valence-corrected chi connectivity index (χ1v) is 12.9. The normalized spacial score (nSPS) is 22.1. The molecule has 2 N–H and O–H groups in total. The second-order valence-electron chi connectivity index (χ2n) is 10.1. The van der Waals surface area contributed by atoms with Crippen LogP contribution in [0.15, 0.2) is 30.3 Å². The molecule has 4 atom stereocenters. The zero-order valence-corrected chi connectivity index (χ0v) is 21.7. The van der Waals surface area contributed by atoms with Crippen molar-refractivity contribution in [2.75, 3.05) is 19.1 Å². The van der Waals surface area contributed by atoms with E-state index in [0.29, 0.717) is 42.6 Å². The molecule has 2 aliphatic rings. The van der Waals surface area contributed by atoms with Crippen molar-refractivity contribution in [2.45, 2.75) is 63.6 Å². The van der Waals surface area contributed by atoms with Gasteiger partial charge in [0.1, 0.15) is 23.5 Å². The van der Waals surface area contributed by atoms with Gasteiger partial charge in [-0.1, -0.05) is 6.42 Å². The lowest BCUT2D eigenvalue weighted by Crippen LogP contribution is -2.42. The highest BCUT2D eigenvalue weighted by molar-refractivity contribution is 5.95. The number of fused-ring (bicyclic) bond motifs is 3. The summed E-state index contributed by atoms with van der Waals surface area (Å²) in [6, 6.07) is 7.37. The van der Waals surface area contributed by atoms with Gasteiger partial charge in [-0.15, -0.1) is 0 Å². The first-order valence-electron chi connectivity index (χ1n) is 12.9. The first kappa shape index (κ1) is 26.0. The minimum absolute atomic E-state index is 0.0641. The van der Waals surface area contributed by atoms with E-state index in [1.807, 2.05) is 23.6 Å². The molecule has 1 amide bonds. The van der Waals surface area contributed by atoms with Gasteiger partial charge in [0, 0.05) is 23.2 Å². The average molecular weight is 526 g/mol. The number of carbonyl (C=O) groups excluding carboxylic acids is 1. The molecule has 38 heavy (non-hydrogen) atoms. The molecule has 1 aliphatic heterocycles. The van der Waals surface area contributed by atoms with Crippen LogP contribution in [-0.2, 0) is 16.0 Å². The molecule has 2 aromatic carbocycles. The van der Waals surface area contributed by atoms with Crippen molar-refractivity contribution in [3.63, 3.8) is 0 Å². The van der Waals surface area contributed by atoms with Crippen molar-refractivity contribution >= 4 is 28.8 Å². The number of ether oxygens (including phenoxy) is 2. The number of carbonyl (C=O) groups is 2. The Balaban J connectivity index is 1.72. The minimum Gasteiger partial charge on any atom is -0.496 e. The predicted molar refractivity (Wildman–Crippen MR) is 138 cm³/mol.